The van der Waals surface area contributed by atoms with Gasteiger partial charge in [0.1, 0.15) is 5.69 Å². The van der Waals surface area contributed by atoms with Gasteiger partial charge < -0.3 is 4.98 Å². The highest BCUT2D eigenvalue weighted by Gasteiger charge is 2.11. The van der Waals surface area contributed by atoms with Gasteiger partial charge in [-0.2, -0.15) is 5.10 Å². The van der Waals surface area contributed by atoms with Crippen LogP contribution in [-0.2, 0) is 0 Å². The van der Waals surface area contributed by atoms with Gasteiger partial charge in [0.15, 0.2) is 0 Å². The molecule has 0 saturated heterocycles. The van der Waals surface area contributed by atoms with E-state index >= 15 is 0 Å². The number of aryl methyl sites for hydroxylation is 1. The van der Waals surface area contributed by atoms with Crippen LogP contribution in [0.25, 0.3) is 28.4 Å². The Morgan fingerprint density at radius 3 is 2.43 bits per heavy atom. The average Bonchev–Trinajstić information content (AvgIpc) is 3.19. The molecule has 0 fully saturated rings. The van der Waals surface area contributed by atoms with Crippen molar-refractivity contribution in [1.29, 1.82) is 0 Å². The smallest absolute Gasteiger partial charge is 0.116 e. The molecule has 0 radical (unpaired) electrons. The maximum Gasteiger partial charge on any atom is 0.116 e. The summed E-state index contributed by atoms with van der Waals surface area (Å²) in [6.07, 6.45) is 5.71. The van der Waals surface area contributed by atoms with E-state index in [9.17, 15) is 0 Å². The van der Waals surface area contributed by atoms with Crippen LogP contribution in [0.3, 0.4) is 0 Å². The number of fused-ring (bicyclic) bond motifs is 1. The number of hydrogen-bond acceptors (Lipinski definition) is 1. The second-order valence-corrected chi connectivity index (χ2v) is 4.48. The van der Waals surface area contributed by atoms with E-state index in [0.29, 0.717) is 0 Å². The summed E-state index contributed by atoms with van der Waals surface area (Å²) in [5.41, 5.74) is 5.22. The van der Waals surface area contributed by atoms with Crippen molar-refractivity contribution in [3.8, 4) is 11.4 Å². The van der Waals surface area contributed by atoms with Crippen molar-refractivity contribution in [1.82, 2.24) is 15.2 Å². The van der Waals surface area contributed by atoms with Gasteiger partial charge in [0, 0.05) is 22.2 Å². The van der Waals surface area contributed by atoms with Crippen molar-refractivity contribution >= 4 is 17.0 Å². The molecular formula is C20H27N3. The van der Waals surface area contributed by atoms with Crippen LogP contribution in [0, 0.1) is 6.92 Å². The summed E-state index contributed by atoms with van der Waals surface area (Å²) in [6.45, 7) is 13.7. The fourth-order valence-electron chi connectivity index (χ4n) is 2.21. The van der Waals surface area contributed by atoms with Gasteiger partial charge in [0.05, 0.1) is 5.69 Å². The molecule has 0 spiro atoms. The third kappa shape index (κ3) is 4.22. The number of aromatic amines is 2. The molecule has 0 aliphatic rings. The Hall–Kier alpha value is -2.55. The van der Waals surface area contributed by atoms with Gasteiger partial charge in [-0.3, -0.25) is 5.10 Å². The first kappa shape index (κ1) is 18.5. The van der Waals surface area contributed by atoms with E-state index in [1.807, 2.05) is 58.9 Å². The molecule has 0 amide bonds. The lowest BCUT2D eigenvalue weighted by molar-refractivity contribution is 1.05. The first-order valence-electron chi connectivity index (χ1n) is 8.22. The van der Waals surface area contributed by atoms with Crippen LogP contribution < -0.4 is 0 Å². The highest BCUT2D eigenvalue weighted by Crippen LogP contribution is 2.27. The van der Waals surface area contributed by atoms with Gasteiger partial charge in [-0.15, -0.1) is 0 Å². The molecule has 3 heteroatoms. The molecule has 0 unspecified atom stereocenters. The lowest BCUT2D eigenvalue weighted by Crippen LogP contribution is -1.81. The Bertz CT molecular complexity index is 727. The van der Waals surface area contributed by atoms with Crippen LogP contribution in [-0.4, -0.2) is 15.2 Å². The number of hydrogen-bond donors (Lipinski definition) is 2. The molecule has 0 aliphatic heterocycles. The molecule has 0 atom stereocenters. The Kier molecular flexibility index (Phi) is 7.61. The number of nitrogens with one attached hydrogen (secondary N) is 2. The second-order valence-electron chi connectivity index (χ2n) is 4.48. The summed E-state index contributed by atoms with van der Waals surface area (Å²) in [7, 11) is 0. The van der Waals surface area contributed by atoms with Crippen molar-refractivity contribution in [2.45, 2.75) is 34.6 Å². The minimum Gasteiger partial charge on any atom is -0.353 e. The number of nitrogens with zero attached hydrogens (tertiary/aromatic N) is 1. The van der Waals surface area contributed by atoms with Gasteiger partial charge in [0.2, 0.25) is 0 Å². The van der Waals surface area contributed by atoms with Gasteiger partial charge in [-0.05, 0) is 19.1 Å². The summed E-state index contributed by atoms with van der Waals surface area (Å²) >= 11 is 0. The van der Waals surface area contributed by atoms with Crippen molar-refractivity contribution in [2.75, 3.05) is 0 Å². The number of benzene rings is 1. The van der Waals surface area contributed by atoms with Crippen LogP contribution in [0.15, 0.2) is 49.1 Å². The first-order valence-corrected chi connectivity index (χ1v) is 8.22. The Labute approximate surface area is 139 Å². The molecule has 0 saturated carbocycles. The van der Waals surface area contributed by atoms with Crippen molar-refractivity contribution < 1.29 is 0 Å². The topological polar surface area (TPSA) is 44.5 Å². The molecule has 23 heavy (non-hydrogen) atoms. The average molecular weight is 309 g/mol. The SMILES string of the molecule is C=C/C=C\c1c(-c2cc3ccccc3[nH]2)n[nH]c1C.CC.CC. The summed E-state index contributed by atoms with van der Waals surface area (Å²) in [5.74, 6) is 0. The minimum absolute atomic E-state index is 0.937. The third-order valence-electron chi connectivity index (χ3n) is 3.18. The van der Waals surface area contributed by atoms with Crippen LogP contribution in [0.1, 0.15) is 39.0 Å². The van der Waals surface area contributed by atoms with E-state index < -0.39 is 0 Å². The maximum absolute atomic E-state index is 4.39. The highest BCUT2D eigenvalue weighted by atomic mass is 15.1. The molecule has 0 aliphatic carbocycles. The number of aromatic nitrogens is 3. The molecule has 3 nitrogen and oxygen atoms in total. The minimum atomic E-state index is 0.937. The monoisotopic (exact) mass is 309 g/mol. The number of para-hydroxylation sites is 1. The molecule has 3 aromatic rings. The van der Waals surface area contributed by atoms with Crippen LogP contribution in [0.4, 0.5) is 0 Å². The van der Waals surface area contributed by atoms with E-state index in [-0.39, 0.29) is 0 Å². The third-order valence-corrected chi connectivity index (χ3v) is 3.18. The fourth-order valence-corrected chi connectivity index (χ4v) is 2.21. The van der Waals surface area contributed by atoms with Gasteiger partial charge in [0.25, 0.3) is 0 Å². The van der Waals surface area contributed by atoms with E-state index in [2.05, 4.69) is 40.0 Å². The number of H-pyrrole nitrogens is 2. The summed E-state index contributed by atoms with van der Waals surface area (Å²) < 4.78 is 0. The Balaban J connectivity index is 0.000000615. The number of allylic oxidation sites excluding steroid dienone is 2. The van der Waals surface area contributed by atoms with E-state index in [1.165, 1.54) is 5.39 Å². The van der Waals surface area contributed by atoms with Crippen LogP contribution in [0.5, 0.6) is 0 Å². The van der Waals surface area contributed by atoms with Gasteiger partial charge >= 0.3 is 0 Å². The van der Waals surface area contributed by atoms with Crippen LogP contribution >= 0.6 is 0 Å². The quantitative estimate of drug-likeness (QED) is 0.562. The normalized spacial score (nSPS) is 9.96. The van der Waals surface area contributed by atoms with E-state index in [0.717, 1.165) is 28.2 Å². The molecule has 1 aromatic carbocycles. The zero-order chi connectivity index (χ0) is 17.2. The molecule has 2 aromatic heterocycles. The molecule has 122 valence electrons. The maximum atomic E-state index is 4.39. The van der Waals surface area contributed by atoms with Gasteiger partial charge in [-0.25, -0.2) is 0 Å². The molecule has 2 heterocycles. The van der Waals surface area contributed by atoms with E-state index in [1.54, 1.807) is 6.08 Å². The zero-order valence-corrected chi connectivity index (χ0v) is 14.8. The standard InChI is InChI=1S/C16H15N3.2C2H6/c1-3-4-8-13-11(2)18-19-16(13)15-10-12-7-5-6-9-14(12)17-15;2*1-2/h3-10,17H,1H2,2H3,(H,18,19);2*1-2H3/b8-4-;;. The fraction of sp³-hybridized carbons (Fsp3) is 0.250. The van der Waals surface area contributed by atoms with Gasteiger partial charge in [-0.1, -0.05) is 70.7 Å². The predicted octanol–water partition coefficient (Wildman–Crippen LogP) is 6.12. The second kappa shape index (κ2) is 9.46. The zero-order valence-electron chi connectivity index (χ0n) is 14.8. The molecule has 2 N–H and O–H groups in total. The van der Waals surface area contributed by atoms with Crippen molar-refractivity contribution in [2.24, 2.45) is 0 Å². The largest absolute Gasteiger partial charge is 0.353 e. The highest BCUT2D eigenvalue weighted by molar-refractivity contribution is 5.87. The lowest BCUT2D eigenvalue weighted by Gasteiger charge is -1.95. The predicted molar refractivity (Wildman–Crippen MR) is 103 cm³/mol. The summed E-state index contributed by atoms with van der Waals surface area (Å²) in [6, 6.07) is 10.3. The summed E-state index contributed by atoms with van der Waals surface area (Å²) in [4.78, 5) is 3.40. The molecular weight excluding hydrogens is 282 g/mol. The lowest BCUT2D eigenvalue weighted by atomic mass is 10.1. The summed E-state index contributed by atoms with van der Waals surface area (Å²) in [5, 5.41) is 8.62. The van der Waals surface area contributed by atoms with Crippen molar-refractivity contribution in [3.05, 3.63) is 60.3 Å². The van der Waals surface area contributed by atoms with Crippen molar-refractivity contribution in [3.63, 3.8) is 0 Å². The Morgan fingerprint density at radius 2 is 1.78 bits per heavy atom. The molecule has 3 rings (SSSR count). The first-order chi connectivity index (χ1) is 11.3. The Morgan fingerprint density at radius 1 is 1.09 bits per heavy atom. The molecule has 0 bridgehead atoms. The van der Waals surface area contributed by atoms with E-state index in [4.69, 9.17) is 0 Å². The number of rotatable bonds is 3. The van der Waals surface area contributed by atoms with Crippen LogP contribution in [0.2, 0.25) is 0 Å².